The number of nitrogens with one attached hydrogen (secondary N) is 2. The van der Waals surface area contributed by atoms with Gasteiger partial charge in [-0.3, -0.25) is 4.79 Å². The van der Waals surface area contributed by atoms with Crippen LogP contribution in [0.1, 0.15) is 56.7 Å². The Morgan fingerprint density at radius 1 is 1.18 bits per heavy atom. The van der Waals surface area contributed by atoms with E-state index in [0.29, 0.717) is 12.0 Å². The van der Waals surface area contributed by atoms with E-state index in [-0.39, 0.29) is 5.56 Å². The van der Waals surface area contributed by atoms with E-state index >= 15 is 0 Å². The van der Waals surface area contributed by atoms with E-state index < -0.39 is 0 Å². The molecular formula is C13H19N3O. The zero-order valence-electron chi connectivity index (χ0n) is 10.0. The van der Waals surface area contributed by atoms with Crippen molar-refractivity contribution >= 4 is 5.82 Å². The van der Waals surface area contributed by atoms with Crippen molar-refractivity contribution in [3.63, 3.8) is 0 Å². The second-order valence-corrected chi connectivity index (χ2v) is 5.27. The fraction of sp³-hybridized carbons (Fsp3) is 0.692. The molecule has 0 unspecified atom stereocenters. The van der Waals surface area contributed by atoms with Gasteiger partial charge in [0.25, 0.3) is 5.56 Å². The van der Waals surface area contributed by atoms with Crippen molar-refractivity contribution in [2.75, 3.05) is 5.32 Å². The summed E-state index contributed by atoms with van der Waals surface area (Å²) in [5, 5.41) is 3.41. The van der Waals surface area contributed by atoms with Crippen LogP contribution in [-0.2, 0) is 0 Å². The average molecular weight is 233 g/mol. The van der Waals surface area contributed by atoms with Crippen LogP contribution in [0.5, 0.6) is 0 Å². The molecular weight excluding hydrogens is 214 g/mol. The molecule has 0 bridgehead atoms. The molecule has 1 aromatic heterocycles. The molecule has 0 aromatic carbocycles. The standard InChI is InChI=1S/C13H19N3O/c17-12-8-11(14-10-4-2-1-3-5-10)15-13(16-12)9-6-7-9/h8-10H,1-7H2,(H2,14,15,16,17). The molecule has 1 heterocycles. The zero-order chi connectivity index (χ0) is 11.7. The Labute approximate surface area is 101 Å². The lowest BCUT2D eigenvalue weighted by Gasteiger charge is -2.23. The second-order valence-electron chi connectivity index (χ2n) is 5.27. The van der Waals surface area contributed by atoms with Crippen LogP contribution >= 0.6 is 0 Å². The van der Waals surface area contributed by atoms with E-state index in [1.807, 2.05) is 0 Å². The molecule has 2 fully saturated rings. The highest BCUT2D eigenvalue weighted by molar-refractivity contribution is 5.35. The number of aromatic nitrogens is 2. The van der Waals surface area contributed by atoms with E-state index in [9.17, 15) is 4.79 Å². The van der Waals surface area contributed by atoms with Crippen LogP contribution < -0.4 is 10.9 Å². The number of H-pyrrole nitrogens is 1. The van der Waals surface area contributed by atoms with Crippen LogP contribution in [0.2, 0.25) is 0 Å². The van der Waals surface area contributed by atoms with Gasteiger partial charge >= 0.3 is 0 Å². The Kier molecular flexibility index (Phi) is 2.87. The lowest BCUT2D eigenvalue weighted by atomic mass is 9.95. The Balaban J connectivity index is 1.74. The van der Waals surface area contributed by atoms with Gasteiger partial charge in [0, 0.05) is 18.0 Å². The molecule has 3 rings (SSSR count). The van der Waals surface area contributed by atoms with Gasteiger partial charge in [0.05, 0.1) is 0 Å². The highest BCUT2D eigenvalue weighted by atomic mass is 16.1. The van der Waals surface area contributed by atoms with E-state index in [1.165, 1.54) is 32.1 Å². The van der Waals surface area contributed by atoms with Crippen LogP contribution in [0.3, 0.4) is 0 Å². The first-order valence-electron chi connectivity index (χ1n) is 6.69. The average Bonchev–Trinajstić information content (AvgIpc) is 3.13. The Hall–Kier alpha value is -1.32. The van der Waals surface area contributed by atoms with Crippen molar-refractivity contribution in [1.29, 1.82) is 0 Å². The number of hydrogen-bond acceptors (Lipinski definition) is 3. The van der Waals surface area contributed by atoms with Gasteiger partial charge in [-0.1, -0.05) is 19.3 Å². The summed E-state index contributed by atoms with van der Waals surface area (Å²) >= 11 is 0. The molecule has 0 spiro atoms. The lowest BCUT2D eigenvalue weighted by molar-refractivity contribution is 0.461. The van der Waals surface area contributed by atoms with Gasteiger partial charge in [0.1, 0.15) is 11.6 Å². The molecule has 4 nitrogen and oxygen atoms in total. The van der Waals surface area contributed by atoms with Crippen LogP contribution in [0.4, 0.5) is 5.82 Å². The summed E-state index contributed by atoms with van der Waals surface area (Å²) in [6.45, 7) is 0. The maximum atomic E-state index is 11.5. The lowest BCUT2D eigenvalue weighted by Crippen LogP contribution is -2.24. The largest absolute Gasteiger partial charge is 0.367 e. The van der Waals surface area contributed by atoms with Crippen molar-refractivity contribution < 1.29 is 0 Å². The van der Waals surface area contributed by atoms with Crippen molar-refractivity contribution in [3.8, 4) is 0 Å². The van der Waals surface area contributed by atoms with Crippen molar-refractivity contribution in [2.24, 2.45) is 0 Å². The summed E-state index contributed by atoms with van der Waals surface area (Å²) in [7, 11) is 0. The van der Waals surface area contributed by atoms with E-state index in [0.717, 1.165) is 24.5 Å². The molecule has 2 aliphatic carbocycles. The number of rotatable bonds is 3. The van der Waals surface area contributed by atoms with Crippen LogP contribution in [0.25, 0.3) is 0 Å². The van der Waals surface area contributed by atoms with Crippen molar-refractivity contribution in [2.45, 2.75) is 56.9 Å². The minimum absolute atomic E-state index is 0.0276. The molecule has 2 N–H and O–H groups in total. The molecule has 4 heteroatoms. The third kappa shape index (κ3) is 2.68. The van der Waals surface area contributed by atoms with Crippen LogP contribution in [0, 0.1) is 0 Å². The highest BCUT2D eigenvalue weighted by Gasteiger charge is 2.26. The summed E-state index contributed by atoms with van der Waals surface area (Å²) in [6, 6.07) is 2.09. The minimum atomic E-state index is -0.0276. The SMILES string of the molecule is O=c1cc(NC2CCCCC2)nc(C2CC2)[nH]1. The first kappa shape index (κ1) is 10.8. The van der Waals surface area contributed by atoms with Gasteiger partial charge in [-0.25, -0.2) is 4.98 Å². The first-order chi connectivity index (χ1) is 8.31. The first-order valence-corrected chi connectivity index (χ1v) is 6.69. The zero-order valence-corrected chi connectivity index (χ0v) is 10.0. The number of hydrogen-bond donors (Lipinski definition) is 2. The summed E-state index contributed by atoms with van der Waals surface area (Å²) in [6.07, 6.45) is 8.65. The van der Waals surface area contributed by atoms with Gasteiger partial charge in [0.15, 0.2) is 0 Å². The third-order valence-electron chi connectivity index (χ3n) is 3.68. The van der Waals surface area contributed by atoms with E-state index in [1.54, 1.807) is 6.07 Å². The van der Waals surface area contributed by atoms with Crippen LogP contribution in [-0.4, -0.2) is 16.0 Å². The third-order valence-corrected chi connectivity index (χ3v) is 3.68. The van der Waals surface area contributed by atoms with E-state index in [2.05, 4.69) is 15.3 Å². The monoisotopic (exact) mass is 233 g/mol. The smallest absolute Gasteiger partial charge is 0.252 e. The van der Waals surface area contributed by atoms with Crippen LogP contribution in [0.15, 0.2) is 10.9 Å². The van der Waals surface area contributed by atoms with Gasteiger partial charge in [0.2, 0.25) is 0 Å². The number of aromatic amines is 1. The van der Waals surface area contributed by atoms with Crippen molar-refractivity contribution in [3.05, 3.63) is 22.2 Å². The summed E-state index contributed by atoms with van der Waals surface area (Å²) in [5.74, 6) is 2.13. The molecule has 1 aromatic rings. The molecule has 0 aliphatic heterocycles. The fourth-order valence-electron chi connectivity index (χ4n) is 2.56. The van der Waals surface area contributed by atoms with Crippen molar-refractivity contribution in [1.82, 2.24) is 9.97 Å². The molecule has 0 saturated heterocycles. The fourth-order valence-corrected chi connectivity index (χ4v) is 2.56. The summed E-state index contributed by atoms with van der Waals surface area (Å²) in [4.78, 5) is 18.9. The Morgan fingerprint density at radius 2 is 1.94 bits per heavy atom. The van der Waals surface area contributed by atoms with Gasteiger partial charge in [-0.2, -0.15) is 0 Å². The number of nitrogens with zero attached hydrogens (tertiary/aromatic N) is 1. The topological polar surface area (TPSA) is 57.8 Å². The molecule has 92 valence electrons. The van der Waals surface area contributed by atoms with Gasteiger partial charge in [-0.15, -0.1) is 0 Å². The minimum Gasteiger partial charge on any atom is -0.367 e. The summed E-state index contributed by atoms with van der Waals surface area (Å²) in [5.41, 5.74) is -0.0276. The summed E-state index contributed by atoms with van der Waals surface area (Å²) < 4.78 is 0. The normalized spacial score (nSPS) is 21.4. The predicted octanol–water partition coefficient (Wildman–Crippen LogP) is 2.39. The van der Waals surface area contributed by atoms with Gasteiger partial charge in [-0.05, 0) is 25.7 Å². The maximum Gasteiger partial charge on any atom is 0.252 e. The van der Waals surface area contributed by atoms with E-state index in [4.69, 9.17) is 0 Å². The Morgan fingerprint density at radius 3 is 2.65 bits per heavy atom. The second kappa shape index (κ2) is 4.51. The highest BCUT2D eigenvalue weighted by Crippen LogP contribution is 2.37. The Bertz CT molecular complexity index is 444. The molecule has 0 amide bonds. The predicted molar refractivity (Wildman–Crippen MR) is 67.3 cm³/mol. The molecule has 2 saturated carbocycles. The molecule has 0 radical (unpaired) electrons. The van der Waals surface area contributed by atoms with Gasteiger partial charge < -0.3 is 10.3 Å². The molecule has 2 aliphatic rings. The number of anilines is 1. The molecule has 0 atom stereocenters. The quantitative estimate of drug-likeness (QED) is 0.842. The maximum absolute atomic E-state index is 11.5. The molecule has 17 heavy (non-hydrogen) atoms.